The lowest BCUT2D eigenvalue weighted by Gasteiger charge is -2.27. The molecule has 0 saturated carbocycles. The van der Waals surface area contributed by atoms with Crippen LogP contribution in [-0.2, 0) is 32.6 Å². The molecule has 172 valence electrons. The van der Waals surface area contributed by atoms with Crippen molar-refractivity contribution in [2.24, 2.45) is 11.8 Å². The first-order chi connectivity index (χ1) is 14.1. The number of hydrogen-bond donors (Lipinski definition) is 0. The van der Waals surface area contributed by atoms with E-state index in [1.165, 1.54) is 6.66 Å². The quantitative estimate of drug-likeness (QED) is 0.338. The van der Waals surface area contributed by atoms with Crippen molar-refractivity contribution >= 4 is 22.2 Å². The molecule has 9 atom stereocenters. The van der Waals surface area contributed by atoms with E-state index in [1.54, 1.807) is 0 Å². The van der Waals surface area contributed by atoms with E-state index in [0.29, 0.717) is 13.2 Å². The van der Waals surface area contributed by atoms with Crippen LogP contribution in [0.3, 0.4) is 0 Å². The molecule has 0 aromatic rings. The summed E-state index contributed by atoms with van der Waals surface area (Å²) in [5.41, 5.74) is 0. The average molecular weight is 444 g/mol. The van der Waals surface area contributed by atoms with Gasteiger partial charge in [-0.2, -0.15) is 0 Å². The van der Waals surface area contributed by atoms with Gasteiger partial charge in [-0.25, -0.2) is 0 Å². The van der Waals surface area contributed by atoms with Crippen molar-refractivity contribution in [3.05, 3.63) is 0 Å². The third-order valence-electron chi connectivity index (χ3n) is 5.87. The van der Waals surface area contributed by atoms with Crippen LogP contribution in [0.2, 0.25) is 13.6 Å². The zero-order chi connectivity index (χ0) is 22.5. The first kappa shape index (κ1) is 26.4. The van der Waals surface area contributed by atoms with Crippen molar-refractivity contribution in [3.8, 4) is 0 Å². The fraction of sp³-hybridized carbons (Fsp3) is 1.00. The molecule has 0 spiro atoms. The SMILES string of the molecule is C[B][C@@H]1O[C@H](COP(C)(=O)OC2[C@@H](COC(C)C)O[C@@H]([B]C)[C@H]2C)C(OCC)[C@@H]1C. The Morgan fingerprint density at radius 2 is 1.50 bits per heavy atom. The Balaban J connectivity index is 1.99. The maximum atomic E-state index is 13.2. The van der Waals surface area contributed by atoms with Crippen molar-refractivity contribution in [1.29, 1.82) is 0 Å². The molecule has 2 aliphatic heterocycles. The van der Waals surface area contributed by atoms with Crippen LogP contribution in [0.25, 0.3) is 0 Å². The summed E-state index contributed by atoms with van der Waals surface area (Å²) >= 11 is 0. The molecule has 10 heteroatoms. The summed E-state index contributed by atoms with van der Waals surface area (Å²) in [5, 5.41) is 0. The van der Waals surface area contributed by atoms with Crippen molar-refractivity contribution in [2.75, 3.05) is 26.5 Å². The van der Waals surface area contributed by atoms with Crippen LogP contribution in [0.4, 0.5) is 0 Å². The minimum Gasteiger partial charge on any atom is -0.378 e. The van der Waals surface area contributed by atoms with Gasteiger partial charge in [-0.05, 0) is 20.8 Å². The van der Waals surface area contributed by atoms with Gasteiger partial charge in [0.15, 0.2) is 0 Å². The Kier molecular flexibility index (Phi) is 10.4. The van der Waals surface area contributed by atoms with Gasteiger partial charge in [0.25, 0.3) is 0 Å². The lowest BCUT2D eigenvalue weighted by molar-refractivity contribution is -0.0506. The number of hydrogen-bond acceptors (Lipinski definition) is 7. The van der Waals surface area contributed by atoms with Crippen molar-refractivity contribution < 1.29 is 32.6 Å². The molecule has 0 aromatic heterocycles. The highest BCUT2D eigenvalue weighted by Gasteiger charge is 2.46. The molecular weight excluding hydrogens is 405 g/mol. The number of ether oxygens (including phenoxy) is 4. The Labute approximate surface area is 184 Å². The standard InChI is InChI=1S/C20H39B2O7P/c1-9-24-17-13(4)19(21-6)28-16(17)11-26-30(8,23)29-18-14(5)20(22-7)27-15(18)10-25-12(2)3/h12-20H,9-11H2,1-8H3/t13-,14-,15+,16+,17?,18?,19+,20+,30?/m0/s1. The van der Waals surface area contributed by atoms with Crippen LogP contribution < -0.4 is 0 Å². The van der Waals surface area contributed by atoms with Crippen LogP contribution >= 0.6 is 7.60 Å². The molecular formula is C20H39B2O7P. The van der Waals surface area contributed by atoms with E-state index in [2.05, 4.69) is 6.92 Å². The van der Waals surface area contributed by atoms with Gasteiger partial charge in [-0.15, -0.1) is 0 Å². The van der Waals surface area contributed by atoms with E-state index in [4.69, 9.17) is 28.0 Å². The van der Waals surface area contributed by atoms with Crippen LogP contribution in [-0.4, -0.2) is 83.6 Å². The molecule has 2 rings (SSSR count). The van der Waals surface area contributed by atoms with Crippen molar-refractivity contribution in [1.82, 2.24) is 0 Å². The van der Waals surface area contributed by atoms with Gasteiger partial charge in [-0.1, -0.05) is 27.5 Å². The normalized spacial score (nSPS) is 38.7. The highest BCUT2D eigenvalue weighted by molar-refractivity contribution is 7.53. The van der Waals surface area contributed by atoms with E-state index in [-0.39, 0.29) is 61.0 Å². The summed E-state index contributed by atoms with van der Waals surface area (Å²) in [6.45, 7) is 16.6. The molecule has 2 heterocycles. The monoisotopic (exact) mass is 444 g/mol. The zero-order valence-electron chi connectivity index (χ0n) is 19.8. The topological polar surface area (TPSA) is 72.5 Å². The highest BCUT2D eigenvalue weighted by Crippen LogP contribution is 2.49. The molecule has 0 aliphatic carbocycles. The summed E-state index contributed by atoms with van der Waals surface area (Å²) in [6, 6.07) is -0.0769. The van der Waals surface area contributed by atoms with Crippen LogP contribution in [0.5, 0.6) is 0 Å². The molecule has 2 aliphatic rings. The summed E-state index contributed by atoms with van der Waals surface area (Å²) in [7, 11) is 0.683. The average Bonchev–Trinajstić information content (AvgIpc) is 3.15. The van der Waals surface area contributed by atoms with Gasteiger partial charge in [0.05, 0.1) is 31.5 Å². The third kappa shape index (κ3) is 6.81. The summed E-state index contributed by atoms with van der Waals surface area (Å²) in [4.78, 5) is 0. The summed E-state index contributed by atoms with van der Waals surface area (Å²) in [5.74, 6) is 0.257. The van der Waals surface area contributed by atoms with E-state index < -0.39 is 7.60 Å². The second-order valence-corrected chi connectivity index (χ2v) is 10.6. The highest BCUT2D eigenvalue weighted by atomic mass is 31.2. The van der Waals surface area contributed by atoms with Crippen LogP contribution in [0.1, 0.15) is 34.6 Å². The maximum absolute atomic E-state index is 13.2. The second-order valence-electron chi connectivity index (χ2n) is 8.60. The summed E-state index contributed by atoms with van der Waals surface area (Å²) < 4.78 is 48.8. The first-order valence-electron chi connectivity index (χ1n) is 11.2. The third-order valence-corrected chi connectivity index (χ3v) is 7.11. The van der Waals surface area contributed by atoms with Gasteiger partial charge < -0.3 is 28.0 Å². The predicted molar refractivity (Wildman–Crippen MR) is 120 cm³/mol. The Morgan fingerprint density at radius 3 is 2.00 bits per heavy atom. The van der Waals surface area contributed by atoms with Crippen LogP contribution in [0, 0.1) is 11.8 Å². The Morgan fingerprint density at radius 1 is 0.967 bits per heavy atom. The van der Waals surface area contributed by atoms with E-state index in [1.807, 2.05) is 55.9 Å². The summed E-state index contributed by atoms with van der Waals surface area (Å²) in [6.07, 6.45) is -0.968. The van der Waals surface area contributed by atoms with E-state index >= 15 is 0 Å². The first-order valence-corrected chi connectivity index (χ1v) is 13.2. The molecule has 0 aromatic carbocycles. The minimum absolute atomic E-state index is 0.00558. The van der Waals surface area contributed by atoms with Gasteiger partial charge >= 0.3 is 7.60 Å². The largest absolute Gasteiger partial charge is 0.378 e. The molecule has 30 heavy (non-hydrogen) atoms. The maximum Gasteiger partial charge on any atom is 0.328 e. The molecule has 7 nitrogen and oxygen atoms in total. The molecule has 0 bridgehead atoms. The van der Waals surface area contributed by atoms with Gasteiger partial charge in [0.1, 0.15) is 26.8 Å². The molecule has 0 N–H and O–H groups in total. The fourth-order valence-corrected chi connectivity index (χ4v) is 5.50. The molecule has 3 unspecified atom stereocenters. The molecule has 0 amide bonds. The Bertz CT molecular complexity index is 567. The van der Waals surface area contributed by atoms with Gasteiger partial charge in [0.2, 0.25) is 0 Å². The second kappa shape index (κ2) is 11.8. The zero-order valence-corrected chi connectivity index (χ0v) is 20.7. The lowest BCUT2D eigenvalue weighted by atomic mass is 9.69. The molecule has 2 radical (unpaired) electrons. The Hall–Kier alpha value is 0.120. The van der Waals surface area contributed by atoms with Crippen molar-refractivity contribution in [3.63, 3.8) is 0 Å². The molecule has 2 saturated heterocycles. The van der Waals surface area contributed by atoms with Gasteiger partial charge in [0, 0.05) is 37.1 Å². The smallest absolute Gasteiger partial charge is 0.328 e. The van der Waals surface area contributed by atoms with E-state index in [0.717, 1.165) is 0 Å². The lowest BCUT2D eigenvalue weighted by Crippen LogP contribution is -2.34. The van der Waals surface area contributed by atoms with Crippen LogP contribution in [0.15, 0.2) is 0 Å². The van der Waals surface area contributed by atoms with E-state index in [9.17, 15) is 4.57 Å². The minimum atomic E-state index is -3.34. The van der Waals surface area contributed by atoms with Gasteiger partial charge in [-0.3, -0.25) is 4.57 Å². The number of rotatable bonds is 12. The molecule has 2 fully saturated rings. The fourth-order valence-electron chi connectivity index (χ4n) is 4.25. The predicted octanol–water partition coefficient (Wildman–Crippen LogP) is 3.27. The van der Waals surface area contributed by atoms with Crippen molar-refractivity contribution in [2.45, 2.75) is 90.8 Å².